The molecule has 1 aliphatic rings. The van der Waals surface area contributed by atoms with E-state index in [4.69, 9.17) is 15.2 Å². The van der Waals surface area contributed by atoms with Gasteiger partial charge in [-0.05, 0) is 42.5 Å². The molecular formula is C23H27N3O6S. The molecule has 0 radical (unpaired) electrons. The molecule has 3 N–H and O–H groups in total. The molecular weight excluding hydrogens is 446 g/mol. The number of rotatable bonds is 7. The fraction of sp³-hybridized carbons (Fsp3) is 0.348. The molecule has 1 amide bonds. The van der Waals surface area contributed by atoms with Crippen LogP contribution in [0.1, 0.15) is 5.56 Å². The molecule has 33 heavy (non-hydrogen) atoms. The number of nitrogens with zero attached hydrogens (tertiary/aromatic N) is 2. The number of primary amides is 1. The number of methoxy groups -OCH3 is 2. The Kier molecular flexibility index (Phi) is 7.48. The summed E-state index contributed by atoms with van der Waals surface area (Å²) in [7, 11) is -0.927. The molecule has 2 aromatic carbocycles. The molecule has 0 spiro atoms. The maximum Gasteiger partial charge on any atom is 0.263 e. The number of ether oxygens (including phenoxy) is 2. The maximum atomic E-state index is 13.0. The summed E-state index contributed by atoms with van der Waals surface area (Å²) in [6, 6.07) is 14.1. The van der Waals surface area contributed by atoms with Crippen LogP contribution >= 0.6 is 0 Å². The van der Waals surface area contributed by atoms with E-state index in [0.29, 0.717) is 24.4 Å². The molecule has 1 aliphatic heterocycles. The lowest BCUT2D eigenvalue weighted by Crippen LogP contribution is -2.55. The van der Waals surface area contributed by atoms with Crippen LogP contribution in [0.15, 0.2) is 48.5 Å². The van der Waals surface area contributed by atoms with E-state index in [1.54, 1.807) is 31.4 Å². The van der Waals surface area contributed by atoms with Crippen LogP contribution in [0, 0.1) is 11.8 Å². The minimum Gasteiger partial charge on any atom is -0.497 e. The highest BCUT2D eigenvalue weighted by molar-refractivity contribution is 7.89. The normalized spacial score (nSPS) is 16.3. The quantitative estimate of drug-likeness (QED) is 0.559. The first-order valence-electron chi connectivity index (χ1n) is 10.2. The van der Waals surface area contributed by atoms with Gasteiger partial charge in [0.15, 0.2) is 0 Å². The topological polar surface area (TPSA) is 122 Å². The van der Waals surface area contributed by atoms with Gasteiger partial charge in [0.05, 0.1) is 14.2 Å². The molecule has 0 aliphatic carbocycles. The van der Waals surface area contributed by atoms with Gasteiger partial charge in [-0.3, -0.25) is 4.79 Å². The van der Waals surface area contributed by atoms with Crippen molar-refractivity contribution in [3.8, 4) is 23.3 Å². The van der Waals surface area contributed by atoms with Gasteiger partial charge >= 0.3 is 0 Å². The molecule has 10 heteroatoms. The van der Waals surface area contributed by atoms with E-state index in [1.807, 2.05) is 29.2 Å². The fourth-order valence-corrected chi connectivity index (χ4v) is 5.06. The molecule has 0 saturated carbocycles. The lowest BCUT2D eigenvalue weighted by Gasteiger charge is -2.36. The number of aliphatic hydroxyl groups is 1. The summed E-state index contributed by atoms with van der Waals surface area (Å²) in [4.78, 5) is 14.0. The van der Waals surface area contributed by atoms with Gasteiger partial charge in [0, 0.05) is 37.4 Å². The summed E-state index contributed by atoms with van der Waals surface area (Å²) in [5.74, 6) is 4.10. The van der Waals surface area contributed by atoms with Gasteiger partial charge in [-0.1, -0.05) is 17.9 Å². The van der Waals surface area contributed by atoms with Crippen LogP contribution in [0.3, 0.4) is 0 Å². The molecule has 1 heterocycles. The highest BCUT2D eigenvalue weighted by atomic mass is 32.2. The summed E-state index contributed by atoms with van der Waals surface area (Å²) >= 11 is 0. The van der Waals surface area contributed by atoms with E-state index in [-0.39, 0.29) is 13.1 Å². The Morgan fingerprint density at radius 1 is 1.06 bits per heavy atom. The number of hydrogen-bond donors (Lipinski definition) is 2. The smallest absolute Gasteiger partial charge is 0.263 e. The van der Waals surface area contributed by atoms with Gasteiger partial charge in [0.25, 0.3) is 5.91 Å². The van der Waals surface area contributed by atoms with Crippen molar-refractivity contribution < 1.29 is 27.8 Å². The molecule has 9 nitrogen and oxygen atoms in total. The van der Waals surface area contributed by atoms with E-state index in [2.05, 4.69) is 11.8 Å². The van der Waals surface area contributed by atoms with Gasteiger partial charge in [0.1, 0.15) is 17.3 Å². The van der Waals surface area contributed by atoms with Crippen molar-refractivity contribution in [3.05, 3.63) is 54.1 Å². The molecule has 1 unspecified atom stereocenters. The van der Waals surface area contributed by atoms with Crippen LogP contribution in [0.4, 0.5) is 5.69 Å². The lowest BCUT2D eigenvalue weighted by atomic mass is 10.1. The Balaban J connectivity index is 1.71. The third kappa shape index (κ3) is 5.96. The predicted molar refractivity (Wildman–Crippen MR) is 125 cm³/mol. The molecule has 1 fully saturated rings. The van der Waals surface area contributed by atoms with Crippen LogP contribution in [-0.2, 0) is 14.8 Å². The van der Waals surface area contributed by atoms with Crippen molar-refractivity contribution in [2.45, 2.75) is 5.60 Å². The molecule has 1 atom stereocenters. The summed E-state index contributed by atoms with van der Waals surface area (Å²) < 4.78 is 37.5. The van der Waals surface area contributed by atoms with Gasteiger partial charge < -0.3 is 25.2 Å². The van der Waals surface area contributed by atoms with Crippen molar-refractivity contribution in [2.75, 3.05) is 51.1 Å². The molecule has 1 saturated heterocycles. The summed E-state index contributed by atoms with van der Waals surface area (Å²) in [6.45, 7) is 1.31. The second-order valence-corrected chi connectivity index (χ2v) is 9.52. The van der Waals surface area contributed by atoms with Gasteiger partial charge in [-0.15, -0.1) is 0 Å². The van der Waals surface area contributed by atoms with Crippen LogP contribution < -0.4 is 20.1 Å². The second kappa shape index (κ2) is 10.1. The monoisotopic (exact) mass is 473 g/mol. The van der Waals surface area contributed by atoms with Crippen molar-refractivity contribution in [3.63, 3.8) is 0 Å². The number of benzene rings is 2. The second-order valence-electron chi connectivity index (χ2n) is 7.55. The van der Waals surface area contributed by atoms with Crippen molar-refractivity contribution in [2.24, 2.45) is 5.73 Å². The third-order valence-corrected chi connectivity index (χ3v) is 7.29. The van der Waals surface area contributed by atoms with Crippen LogP contribution in [0.25, 0.3) is 0 Å². The molecule has 3 rings (SSSR count). The molecule has 2 aromatic rings. The van der Waals surface area contributed by atoms with Crippen molar-refractivity contribution in [1.29, 1.82) is 0 Å². The first-order chi connectivity index (χ1) is 15.7. The molecule has 176 valence electrons. The van der Waals surface area contributed by atoms with Crippen molar-refractivity contribution in [1.82, 2.24) is 4.31 Å². The maximum absolute atomic E-state index is 13.0. The van der Waals surface area contributed by atoms with Gasteiger partial charge in [0.2, 0.25) is 15.6 Å². The number of anilines is 1. The number of amides is 1. The van der Waals surface area contributed by atoms with Crippen molar-refractivity contribution >= 4 is 21.6 Å². The SMILES string of the molecule is COc1ccc(N2CCN(S(=O)(=O)CC(O)(C#Cc3cccc(OC)c3)C(N)=O)CC2)cc1. The zero-order valence-corrected chi connectivity index (χ0v) is 19.3. The molecule has 0 bridgehead atoms. The molecule has 0 aromatic heterocycles. The number of hydrogen-bond acceptors (Lipinski definition) is 7. The average Bonchev–Trinajstić information content (AvgIpc) is 2.82. The fourth-order valence-electron chi connectivity index (χ4n) is 3.42. The van der Waals surface area contributed by atoms with E-state index < -0.39 is 27.3 Å². The van der Waals surface area contributed by atoms with Crippen LogP contribution in [0.5, 0.6) is 11.5 Å². The predicted octanol–water partition coefficient (Wildman–Crippen LogP) is 0.424. The number of carbonyl (C=O) groups excluding carboxylic acids is 1. The van der Waals surface area contributed by atoms with Crippen LogP contribution in [-0.4, -0.2) is 75.5 Å². The lowest BCUT2D eigenvalue weighted by molar-refractivity contribution is -0.129. The number of piperazine rings is 1. The standard InChI is InChI=1S/C23H27N3O6S/c1-31-20-8-6-19(7-9-20)25-12-14-26(15-13-25)33(29,30)17-23(28,22(24)27)11-10-18-4-3-5-21(16-18)32-2/h3-9,16,28H,12-15,17H2,1-2H3,(H2,24,27). The summed E-state index contributed by atoms with van der Waals surface area (Å²) in [6.07, 6.45) is 0. The number of carbonyl (C=O) groups is 1. The van der Waals surface area contributed by atoms with E-state index in [9.17, 15) is 18.3 Å². The Hall–Kier alpha value is -3.26. The first kappa shape index (κ1) is 24.4. The Bertz CT molecular complexity index is 1150. The number of nitrogens with two attached hydrogens (primary N) is 1. The van der Waals surface area contributed by atoms with Gasteiger partial charge in [-0.25, -0.2) is 8.42 Å². The van der Waals surface area contributed by atoms with Crippen LogP contribution in [0.2, 0.25) is 0 Å². The van der Waals surface area contributed by atoms with E-state index >= 15 is 0 Å². The first-order valence-corrected chi connectivity index (χ1v) is 11.8. The highest BCUT2D eigenvalue weighted by Crippen LogP contribution is 2.22. The average molecular weight is 474 g/mol. The van der Waals surface area contributed by atoms with Gasteiger partial charge in [-0.2, -0.15) is 4.31 Å². The Morgan fingerprint density at radius 3 is 2.27 bits per heavy atom. The summed E-state index contributed by atoms with van der Waals surface area (Å²) in [5, 5.41) is 10.7. The minimum absolute atomic E-state index is 0.201. The summed E-state index contributed by atoms with van der Waals surface area (Å²) in [5.41, 5.74) is 4.19. The van der Waals surface area contributed by atoms with E-state index in [0.717, 1.165) is 11.4 Å². The minimum atomic E-state index is -4.01. The zero-order chi connectivity index (χ0) is 24.1. The highest BCUT2D eigenvalue weighted by Gasteiger charge is 2.41. The zero-order valence-electron chi connectivity index (χ0n) is 18.5. The van der Waals surface area contributed by atoms with E-state index in [1.165, 1.54) is 11.4 Å². The number of sulfonamides is 1. The Morgan fingerprint density at radius 2 is 1.70 bits per heavy atom. The largest absolute Gasteiger partial charge is 0.497 e. The Labute approximate surface area is 193 Å². The third-order valence-electron chi connectivity index (χ3n) is 5.35.